The van der Waals surface area contributed by atoms with Crippen LogP contribution in [0.25, 0.3) is 0 Å². The van der Waals surface area contributed by atoms with E-state index in [-0.39, 0.29) is 0 Å². The van der Waals surface area contributed by atoms with Crippen molar-refractivity contribution in [1.82, 2.24) is 20.5 Å². The van der Waals surface area contributed by atoms with E-state index in [0.717, 1.165) is 50.5 Å². The molecule has 3 N–H and O–H groups in total. The van der Waals surface area contributed by atoms with E-state index < -0.39 is 6.10 Å². The fraction of sp³-hybridized carbons (Fsp3) is 0.684. The van der Waals surface area contributed by atoms with Crippen molar-refractivity contribution in [3.8, 4) is 0 Å². The number of aliphatic imine (C=N–C) groups is 1. The molecule has 0 radical (unpaired) electrons. The number of guanidine groups is 1. The van der Waals surface area contributed by atoms with Crippen LogP contribution >= 0.6 is 0 Å². The molecule has 0 spiro atoms. The van der Waals surface area contributed by atoms with E-state index in [1.807, 2.05) is 19.1 Å². The Labute approximate surface area is 152 Å². The standard InChI is InChI=1S/C19H35N5O/c1-5-21-19(22-15-18(25)17-10-12-20-13-11-17)23-16(4)9-8-14-24(6-2)7-3/h10-13,16,18,25H,5-9,14-15H2,1-4H3,(H2,21,22,23). The summed E-state index contributed by atoms with van der Waals surface area (Å²) < 4.78 is 0. The highest BCUT2D eigenvalue weighted by molar-refractivity contribution is 5.80. The molecule has 25 heavy (non-hydrogen) atoms. The van der Waals surface area contributed by atoms with E-state index in [0.29, 0.717) is 12.6 Å². The van der Waals surface area contributed by atoms with Gasteiger partial charge in [-0.05, 0) is 64.0 Å². The first-order valence-corrected chi connectivity index (χ1v) is 9.45. The van der Waals surface area contributed by atoms with Gasteiger partial charge in [-0.1, -0.05) is 13.8 Å². The molecule has 0 aliphatic rings. The molecule has 0 saturated heterocycles. The van der Waals surface area contributed by atoms with Crippen molar-refractivity contribution in [2.24, 2.45) is 4.99 Å². The van der Waals surface area contributed by atoms with E-state index in [9.17, 15) is 5.11 Å². The molecule has 0 bridgehead atoms. The Kier molecular flexibility index (Phi) is 10.8. The van der Waals surface area contributed by atoms with Crippen LogP contribution in [-0.4, -0.2) is 59.7 Å². The number of nitrogens with one attached hydrogen (secondary N) is 2. The van der Waals surface area contributed by atoms with E-state index in [4.69, 9.17) is 0 Å². The minimum Gasteiger partial charge on any atom is -0.386 e. The molecule has 0 aliphatic heterocycles. The number of aliphatic hydroxyl groups is 1. The van der Waals surface area contributed by atoms with Crippen LogP contribution in [-0.2, 0) is 0 Å². The van der Waals surface area contributed by atoms with E-state index in [1.165, 1.54) is 0 Å². The van der Waals surface area contributed by atoms with E-state index >= 15 is 0 Å². The number of aliphatic hydroxyl groups excluding tert-OH is 1. The number of nitrogens with zero attached hydrogens (tertiary/aromatic N) is 3. The van der Waals surface area contributed by atoms with Crippen LogP contribution in [0.4, 0.5) is 0 Å². The van der Waals surface area contributed by atoms with Gasteiger partial charge in [-0.3, -0.25) is 9.98 Å². The van der Waals surface area contributed by atoms with Gasteiger partial charge in [-0.2, -0.15) is 0 Å². The van der Waals surface area contributed by atoms with Crippen molar-refractivity contribution in [1.29, 1.82) is 0 Å². The van der Waals surface area contributed by atoms with Crippen LogP contribution in [0.15, 0.2) is 29.5 Å². The first-order valence-electron chi connectivity index (χ1n) is 9.45. The number of pyridine rings is 1. The van der Waals surface area contributed by atoms with Crippen molar-refractivity contribution >= 4 is 5.96 Å². The van der Waals surface area contributed by atoms with Crippen LogP contribution < -0.4 is 10.6 Å². The molecular weight excluding hydrogens is 314 g/mol. The minimum absolute atomic E-state index is 0.325. The molecule has 2 unspecified atom stereocenters. The molecule has 1 aromatic rings. The third-order valence-electron chi connectivity index (χ3n) is 4.25. The van der Waals surface area contributed by atoms with Gasteiger partial charge in [0.25, 0.3) is 0 Å². The summed E-state index contributed by atoms with van der Waals surface area (Å²) in [4.78, 5) is 10.9. The molecule has 1 rings (SSSR count). The van der Waals surface area contributed by atoms with Gasteiger partial charge in [0.05, 0.1) is 12.6 Å². The predicted octanol–water partition coefficient (Wildman–Crippen LogP) is 2.18. The Bertz CT molecular complexity index is 476. The molecule has 1 heterocycles. The highest BCUT2D eigenvalue weighted by Crippen LogP contribution is 2.11. The van der Waals surface area contributed by atoms with Gasteiger partial charge in [0.1, 0.15) is 0 Å². The monoisotopic (exact) mass is 349 g/mol. The second kappa shape index (κ2) is 12.7. The lowest BCUT2D eigenvalue weighted by Gasteiger charge is -2.21. The lowest BCUT2D eigenvalue weighted by atomic mass is 10.1. The third-order valence-corrected chi connectivity index (χ3v) is 4.25. The SMILES string of the molecule is CCNC(=NCC(O)c1ccncc1)NC(C)CCCN(CC)CC. The van der Waals surface area contributed by atoms with Gasteiger partial charge < -0.3 is 20.6 Å². The van der Waals surface area contributed by atoms with Crippen molar-refractivity contribution in [3.05, 3.63) is 30.1 Å². The van der Waals surface area contributed by atoms with Crippen molar-refractivity contribution in [2.75, 3.05) is 32.7 Å². The average molecular weight is 350 g/mol. The Morgan fingerprint density at radius 1 is 1.24 bits per heavy atom. The highest BCUT2D eigenvalue weighted by Gasteiger charge is 2.09. The maximum absolute atomic E-state index is 10.2. The molecule has 0 fully saturated rings. The number of rotatable bonds is 11. The second-order valence-electron chi connectivity index (χ2n) is 6.23. The minimum atomic E-state index is -0.614. The number of aromatic nitrogens is 1. The van der Waals surface area contributed by atoms with Gasteiger partial charge in [0.15, 0.2) is 5.96 Å². The summed E-state index contributed by atoms with van der Waals surface area (Å²) in [5.41, 5.74) is 0.835. The maximum Gasteiger partial charge on any atom is 0.191 e. The zero-order chi connectivity index (χ0) is 18.5. The summed E-state index contributed by atoms with van der Waals surface area (Å²) >= 11 is 0. The highest BCUT2D eigenvalue weighted by atomic mass is 16.3. The fourth-order valence-corrected chi connectivity index (χ4v) is 2.66. The molecule has 1 aromatic heterocycles. The van der Waals surface area contributed by atoms with Crippen LogP contribution in [0.1, 0.15) is 52.2 Å². The summed E-state index contributed by atoms with van der Waals surface area (Å²) in [6.07, 6.45) is 5.01. The Morgan fingerprint density at radius 2 is 1.92 bits per heavy atom. The van der Waals surface area contributed by atoms with E-state index in [1.54, 1.807) is 12.4 Å². The van der Waals surface area contributed by atoms with Crippen LogP contribution in [0.5, 0.6) is 0 Å². The normalized spacial score (nSPS) is 14.4. The first kappa shape index (κ1) is 21.4. The predicted molar refractivity (Wildman–Crippen MR) is 105 cm³/mol. The Hall–Kier alpha value is -1.66. The molecule has 142 valence electrons. The summed E-state index contributed by atoms with van der Waals surface area (Å²) in [6.45, 7) is 13.1. The zero-order valence-electron chi connectivity index (χ0n) is 16.2. The third kappa shape index (κ3) is 8.84. The molecule has 0 amide bonds. The second-order valence-corrected chi connectivity index (χ2v) is 6.23. The number of hydrogen-bond acceptors (Lipinski definition) is 4. The molecule has 0 saturated carbocycles. The smallest absolute Gasteiger partial charge is 0.191 e. The zero-order valence-corrected chi connectivity index (χ0v) is 16.2. The number of hydrogen-bond donors (Lipinski definition) is 3. The van der Waals surface area contributed by atoms with Gasteiger partial charge >= 0.3 is 0 Å². The van der Waals surface area contributed by atoms with Gasteiger partial charge in [-0.15, -0.1) is 0 Å². The van der Waals surface area contributed by atoms with E-state index in [2.05, 4.69) is 46.3 Å². The molecule has 0 aromatic carbocycles. The lowest BCUT2D eigenvalue weighted by Crippen LogP contribution is -2.42. The van der Waals surface area contributed by atoms with Gasteiger partial charge in [0, 0.05) is 25.0 Å². The molecular formula is C19H35N5O. The van der Waals surface area contributed by atoms with Crippen molar-refractivity contribution in [2.45, 2.75) is 52.7 Å². The van der Waals surface area contributed by atoms with Crippen molar-refractivity contribution < 1.29 is 5.11 Å². The summed E-state index contributed by atoms with van der Waals surface area (Å²) in [6, 6.07) is 3.97. The molecule has 6 heteroatoms. The Morgan fingerprint density at radius 3 is 2.52 bits per heavy atom. The summed E-state index contributed by atoms with van der Waals surface area (Å²) in [7, 11) is 0. The van der Waals surface area contributed by atoms with Crippen molar-refractivity contribution in [3.63, 3.8) is 0 Å². The van der Waals surface area contributed by atoms with Gasteiger partial charge in [-0.25, -0.2) is 0 Å². The lowest BCUT2D eigenvalue weighted by molar-refractivity contribution is 0.187. The van der Waals surface area contributed by atoms with Gasteiger partial charge in [0.2, 0.25) is 0 Å². The van der Waals surface area contributed by atoms with Crippen LogP contribution in [0, 0.1) is 0 Å². The summed E-state index contributed by atoms with van der Waals surface area (Å²) in [5, 5.41) is 16.9. The fourth-order valence-electron chi connectivity index (χ4n) is 2.66. The maximum atomic E-state index is 10.2. The average Bonchev–Trinajstić information content (AvgIpc) is 2.64. The molecule has 6 nitrogen and oxygen atoms in total. The van der Waals surface area contributed by atoms with Crippen LogP contribution in [0.3, 0.4) is 0 Å². The Balaban J connectivity index is 2.46. The summed E-state index contributed by atoms with van der Waals surface area (Å²) in [5.74, 6) is 0.756. The molecule has 2 atom stereocenters. The first-order chi connectivity index (χ1) is 12.1. The quantitative estimate of drug-likeness (QED) is 0.422. The molecule has 0 aliphatic carbocycles. The topological polar surface area (TPSA) is 72.8 Å². The largest absolute Gasteiger partial charge is 0.386 e. The van der Waals surface area contributed by atoms with Crippen LogP contribution in [0.2, 0.25) is 0 Å².